The number of nitro benzene ring substituents is 1. The molecule has 1 fully saturated rings. The molecule has 0 saturated carbocycles. The molecule has 0 atom stereocenters. The molecule has 0 aliphatic carbocycles. The number of fused-ring (bicyclic) bond motifs is 1. The van der Waals surface area contributed by atoms with E-state index in [0.29, 0.717) is 6.61 Å². The molecular formula is C22H29N3O5+2. The number of quaternary nitrogens is 2. The predicted molar refractivity (Wildman–Crippen MR) is 110 cm³/mol. The van der Waals surface area contributed by atoms with Crippen molar-refractivity contribution < 1.29 is 28.9 Å². The third kappa shape index (κ3) is 4.56. The van der Waals surface area contributed by atoms with Gasteiger partial charge in [-0.15, -0.1) is 0 Å². The fraction of sp³-hybridized carbons (Fsp3) is 0.455. The summed E-state index contributed by atoms with van der Waals surface area (Å²) in [6, 6.07) is 9.55. The number of methoxy groups -OCH3 is 1. The number of hydrogen-bond donors (Lipinski definition) is 2. The first kappa shape index (κ1) is 20.6. The molecule has 2 aromatic rings. The number of nitrogens with one attached hydrogen (secondary N) is 2. The maximum absolute atomic E-state index is 11.3. The molecular weight excluding hydrogens is 386 g/mol. The van der Waals surface area contributed by atoms with Crippen molar-refractivity contribution in [3.63, 3.8) is 0 Å². The van der Waals surface area contributed by atoms with Crippen LogP contribution < -0.4 is 19.3 Å². The van der Waals surface area contributed by atoms with E-state index in [1.165, 1.54) is 20.9 Å². The minimum Gasteiger partial charge on any atom is -0.496 e. The second-order valence-electron chi connectivity index (χ2n) is 8.13. The summed E-state index contributed by atoms with van der Waals surface area (Å²) in [4.78, 5) is 13.9. The number of hydrogen-bond acceptors (Lipinski definition) is 5. The van der Waals surface area contributed by atoms with Crippen LogP contribution in [-0.2, 0) is 24.4 Å². The zero-order chi connectivity index (χ0) is 21.1. The smallest absolute Gasteiger partial charge is 0.270 e. The van der Waals surface area contributed by atoms with E-state index in [1.807, 2.05) is 6.07 Å². The SMILES string of the molecule is COc1ccc(C)cc1C[NH+]1CC[NH+](Cc2cc([N+](=O)[O-])cc3c2OCOC3)CC1. The van der Waals surface area contributed by atoms with Crippen LogP contribution in [0.4, 0.5) is 5.69 Å². The lowest BCUT2D eigenvalue weighted by molar-refractivity contribution is -1.02. The monoisotopic (exact) mass is 415 g/mol. The van der Waals surface area contributed by atoms with Gasteiger partial charge in [0.05, 0.1) is 24.2 Å². The van der Waals surface area contributed by atoms with Crippen LogP contribution in [-0.4, -0.2) is 45.0 Å². The highest BCUT2D eigenvalue weighted by atomic mass is 16.7. The Morgan fingerprint density at radius 3 is 2.43 bits per heavy atom. The number of nitro groups is 1. The number of aryl methyl sites for hydroxylation is 1. The van der Waals surface area contributed by atoms with Crippen molar-refractivity contribution in [2.24, 2.45) is 0 Å². The summed E-state index contributed by atoms with van der Waals surface area (Å²) in [6.07, 6.45) is 0. The third-order valence-corrected chi connectivity index (χ3v) is 5.96. The summed E-state index contributed by atoms with van der Waals surface area (Å²) in [6.45, 7) is 8.46. The number of benzene rings is 2. The van der Waals surface area contributed by atoms with Crippen molar-refractivity contribution in [3.8, 4) is 11.5 Å². The molecule has 0 unspecified atom stereocenters. The molecule has 2 aromatic carbocycles. The van der Waals surface area contributed by atoms with Gasteiger partial charge in [-0.05, 0) is 19.1 Å². The number of ether oxygens (including phenoxy) is 3. The second-order valence-corrected chi connectivity index (χ2v) is 8.13. The van der Waals surface area contributed by atoms with E-state index in [-0.39, 0.29) is 17.4 Å². The molecule has 8 nitrogen and oxygen atoms in total. The zero-order valence-corrected chi connectivity index (χ0v) is 17.5. The highest BCUT2D eigenvalue weighted by Gasteiger charge is 2.28. The van der Waals surface area contributed by atoms with Crippen LogP contribution in [0.15, 0.2) is 30.3 Å². The van der Waals surface area contributed by atoms with Crippen molar-refractivity contribution >= 4 is 5.69 Å². The first-order valence-corrected chi connectivity index (χ1v) is 10.3. The Morgan fingerprint density at radius 1 is 1.07 bits per heavy atom. The van der Waals surface area contributed by atoms with Crippen LogP contribution in [0.3, 0.4) is 0 Å². The van der Waals surface area contributed by atoms with Crippen molar-refractivity contribution in [1.82, 2.24) is 0 Å². The van der Waals surface area contributed by atoms with Crippen molar-refractivity contribution in [2.75, 3.05) is 40.1 Å². The molecule has 2 aliphatic rings. The van der Waals surface area contributed by atoms with Gasteiger partial charge in [0.15, 0.2) is 6.79 Å². The minimum absolute atomic E-state index is 0.105. The molecule has 8 heteroatoms. The Balaban J connectivity index is 1.41. The van der Waals surface area contributed by atoms with Crippen molar-refractivity contribution in [2.45, 2.75) is 26.6 Å². The van der Waals surface area contributed by atoms with Gasteiger partial charge in [0.25, 0.3) is 5.69 Å². The Hall–Kier alpha value is -2.68. The molecule has 0 radical (unpaired) electrons. The third-order valence-electron chi connectivity index (χ3n) is 5.96. The van der Waals surface area contributed by atoms with E-state index < -0.39 is 0 Å². The van der Waals surface area contributed by atoms with Gasteiger partial charge in [0.1, 0.15) is 50.8 Å². The Kier molecular flexibility index (Phi) is 6.17. The molecule has 0 aromatic heterocycles. The van der Waals surface area contributed by atoms with Crippen LogP contribution >= 0.6 is 0 Å². The van der Waals surface area contributed by atoms with Crippen LogP contribution in [0, 0.1) is 17.0 Å². The Morgan fingerprint density at radius 2 is 1.77 bits per heavy atom. The van der Waals surface area contributed by atoms with E-state index in [2.05, 4.69) is 19.1 Å². The maximum atomic E-state index is 11.3. The molecule has 2 N–H and O–H groups in total. The largest absolute Gasteiger partial charge is 0.496 e. The first-order chi connectivity index (χ1) is 14.5. The van der Waals surface area contributed by atoms with Crippen molar-refractivity contribution in [3.05, 3.63) is 62.7 Å². The van der Waals surface area contributed by atoms with Crippen LogP contribution in [0.1, 0.15) is 22.3 Å². The van der Waals surface area contributed by atoms with Crippen LogP contribution in [0.25, 0.3) is 0 Å². The molecule has 30 heavy (non-hydrogen) atoms. The Labute approximate surface area is 176 Å². The van der Waals surface area contributed by atoms with E-state index in [0.717, 1.165) is 61.9 Å². The maximum Gasteiger partial charge on any atom is 0.270 e. The topological polar surface area (TPSA) is 79.7 Å². The van der Waals surface area contributed by atoms with Crippen molar-refractivity contribution in [1.29, 1.82) is 0 Å². The summed E-state index contributed by atoms with van der Waals surface area (Å²) in [7, 11) is 1.72. The molecule has 4 rings (SSSR count). The summed E-state index contributed by atoms with van der Waals surface area (Å²) in [5.74, 6) is 1.71. The lowest BCUT2D eigenvalue weighted by Crippen LogP contribution is -3.27. The van der Waals surface area contributed by atoms with Gasteiger partial charge in [-0.2, -0.15) is 0 Å². The molecule has 2 aliphatic heterocycles. The minimum atomic E-state index is -0.342. The van der Waals surface area contributed by atoms with E-state index >= 15 is 0 Å². The highest BCUT2D eigenvalue weighted by molar-refractivity contribution is 5.50. The molecule has 0 bridgehead atoms. The van der Waals surface area contributed by atoms with E-state index in [9.17, 15) is 10.1 Å². The van der Waals surface area contributed by atoms with Gasteiger partial charge in [-0.1, -0.05) is 11.6 Å². The average Bonchev–Trinajstić information content (AvgIpc) is 2.75. The van der Waals surface area contributed by atoms with Gasteiger partial charge in [-0.25, -0.2) is 0 Å². The zero-order valence-electron chi connectivity index (χ0n) is 17.5. The fourth-order valence-electron chi connectivity index (χ4n) is 4.41. The number of non-ortho nitro benzene ring substituents is 1. The summed E-state index contributed by atoms with van der Waals surface area (Å²) < 4.78 is 16.5. The van der Waals surface area contributed by atoms with Crippen LogP contribution in [0.5, 0.6) is 11.5 Å². The molecule has 0 amide bonds. The van der Waals surface area contributed by atoms with E-state index in [1.54, 1.807) is 19.2 Å². The molecule has 1 saturated heterocycles. The fourth-order valence-corrected chi connectivity index (χ4v) is 4.41. The Bertz CT molecular complexity index is 925. The quantitative estimate of drug-likeness (QED) is 0.523. The standard InChI is InChI=1S/C22H27N3O5/c1-16-3-4-21(28-2)17(9-16)12-23-5-7-24(8-6-23)13-18-10-20(25(26)27)11-19-14-29-15-30-22(18)19/h3-4,9-11H,5-8,12-15H2,1-2H3/p+2. The highest BCUT2D eigenvalue weighted by Crippen LogP contribution is 2.32. The second kappa shape index (κ2) is 8.99. The molecule has 160 valence electrons. The summed E-state index contributed by atoms with van der Waals surface area (Å²) >= 11 is 0. The van der Waals surface area contributed by atoms with Gasteiger partial charge >= 0.3 is 0 Å². The van der Waals surface area contributed by atoms with Gasteiger partial charge in [-0.3, -0.25) is 10.1 Å². The number of nitrogens with zero attached hydrogens (tertiary/aromatic N) is 1. The normalized spacial score (nSPS) is 20.9. The van der Waals surface area contributed by atoms with Gasteiger partial charge in [0.2, 0.25) is 0 Å². The molecule has 0 spiro atoms. The lowest BCUT2D eigenvalue weighted by atomic mass is 10.1. The predicted octanol–water partition coefficient (Wildman–Crippen LogP) is 0.262. The summed E-state index contributed by atoms with van der Waals surface area (Å²) in [5.41, 5.74) is 4.26. The first-order valence-electron chi connectivity index (χ1n) is 10.3. The number of rotatable bonds is 6. The van der Waals surface area contributed by atoms with E-state index in [4.69, 9.17) is 14.2 Å². The molecule has 2 heterocycles. The van der Waals surface area contributed by atoms with Gasteiger partial charge < -0.3 is 24.0 Å². The van der Waals surface area contributed by atoms with Gasteiger partial charge in [0, 0.05) is 23.3 Å². The average molecular weight is 415 g/mol. The van der Waals surface area contributed by atoms with Crippen LogP contribution in [0.2, 0.25) is 0 Å². The lowest BCUT2D eigenvalue weighted by Gasteiger charge is -2.31. The summed E-state index contributed by atoms with van der Waals surface area (Å²) in [5, 5.41) is 11.3. The number of piperazine rings is 1.